The van der Waals surface area contributed by atoms with Gasteiger partial charge in [0.15, 0.2) is 5.82 Å². The van der Waals surface area contributed by atoms with Gasteiger partial charge in [-0.2, -0.15) is 0 Å². The fourth-order valence-corrected chi connectivity index (χ4v) is 6.39. The minimum Gasteiger partial charge on any atom is -0.392 e. The van der Waals surface area contributed by atoms with Crippen molar-refractivity contribution in [2.75, 3.05) is 68.5 Å². The molecule has 3 heterocycles. The molecule has 0 bridgehead atoms. The van der Waals surface area contributed by atoms with Crippen LogP contribution < -0.4 is 20.7 Å². The average molecular weight is 622 g/mol. The van der Waals surface area contributed by atoms with Gasteiger partial charge >= 0.3 is 0 Å². The molecule has 6 rings (SSSR count). The Hall–Kier alpha value is -4.51. The van der Waals surface area contributed by atoms with E-state index in [1.165, 1.54) is 10.1 Å². The van der Waals surface area contributed by atoms with Crippen LogP contribution >= 0.6 is 0 Å². The van der Waals surface area contributed by atoms with Crippen LogP contribution in [0.25, 0.3) is 11.3 Å². The van der Waals surface area contributed by atoms with E-state index in [-0.39, 0.29) is 23.9 Å². The van der Waals surface area contributed by atoms with Gasteiger partial charge in [0.2, 0.25) is 0 Å². The molecule has 0 saturated carbocycles. The number of rotatable bonds is 9. The molecule has 1 fully saturated rings. The normalized spacial score (nSPS) is 15.6. The largest absolute Gasteiger partial charge is 0.392 e. The molecule has 0 radical (unpaired) electrons. The third-order valence-corrected chi connectivity index (χ3v) is 9.17. The highest BCUT2D eigenvalue weighted by Gasteiger charge is 2.28. The van der Waals surface area contributed by atoms with Crippen LogP contribution in [0.2, 0.25) is 0 Å². The summed E-state index contributed by atoms with van der Waals surface area (Å²) in [6.07, 6.45) is 2.38. The first-order valence-electron chi connectivity index (χ1n) is 16.0. The van der Waals surface area contributed by atoms with Crippen LogP contribution in [-0.4, -0.2) is 83.7 Å². The maximum Gasteiger partial charge on any atom is 0.293 e. The highest BCUT2D eigenvalue weighted by atomic mass is 16.3. The van der Waals surface area contributed by atoms with E-state index in [1.807, 2.05) is 61.5 Å². The number of fused-ring (bicyclic) bond motifs is 1. The number of nitrogens with zero attached hydrogens (tertiary/aromatic N) is 6. The number of likely N-dealkylation sites (N-methyl/N-ethyl adjacent to an activating group) is 1. The molecular formula is C36H43N7O3. The predicted molar refractivity (Wildman–Crippen MR) is 184 cm³/mol. The van der Waals surface area contributed by atoms with Gasteiger partial charge in [0.25, 0.3) is 11.5 Å². The second-order valence-corrected chi connectivity index (χ2v) is 12.3. The van der Waals surface area contributed by atoms with Gasteiger partial charge in [0, 0.05) is 94.7 Å². The topological polar surface area (TPSA) is 97.2 Å². The van der Waals surface area contributed by atoms with Crippen LogP contribution in [0.5, 0.6) is 0 Å². The van der Waals surface area contributed by atoms with Crippen LogP contribution in [0.3, 0.4) is 0 Å². The molecule has 0 unspecified atom stereocenters. The summed E-state index contributed by atoms with van der Waals surface area (Å²) in [5, 5.41) is 13.8. The van der Waals surface area contributed by atoms with Crippen LogP contribution in [0.4, 0.5) is 22.9 Å². The van der Waals surface area contributed by atoms with E-state index < -0.39 is 0 Å². The molecule has 0 spiro atoms. The van der Waals surface area contributed by atoms with Crippen molar-refractivity contribution in [2.24, 2.45) is 7.05 Å². The Morgan fingerprint density at radius 2 is 1.65 bits per heavy atom. The molecule has 2 aliphatic heterocycles. The maximum atomic E-state index is 13.7. The van der Waals surface area contributed by atoms with E-state index in [2.05, 4.69) is 40.2 Å². The van der Waals surface area contributed by atoms with Crippen molar-refractivity contribution in [2.45, 2.75) is 26.5 Å². The van der Waals surface area contributed by atoms with Gasteiger partial charge < -0.3 is 29.7 Å². The highest BCUT2D eigenvalue weighted by Crippen LogP contribution is 2.34. The molecule has 1 saturated heterocycles. The van der Waals surface area contributed by atoms with E-state index >= 15 is 0 Å². The van der Waals surface area contributed by atoms with Crippen molar-refractivity contribution in [1.29, 1.82) is 0 Å². The Labute approximate surface area is 270 Å². The molecule has 0 atom stereocenters. The van der Waals surface area contributed by atoms with Gasteiger partial charge in [0.05, 0.1) is 18.0 Å². The van der Waals surface area contributed by atoms with Gasteiger partial charge in [-0.25, -0.2) is 4.98 Å². The molecule has 0 aliphatic carbocycles. The zero-order valence-corrected chi connectivity index (χ0v) is 27.2. The second-order valence-electron chi connectivity index (χ2n) is 12.3. The van der Waals surface area contributed by atoms with Crippen molar-refractivity contribution in [1.82, 2.24) is 19.4 Å². The molecule has 10 nitrogen and oxygen atoms in total. The Balaban J connectivity index is 1.24. The number of benzene rings is 3. The van der Waals surface area contributed by atoms with E-state index in [4.69, 9.17) is 4.98 Å². The van der Waals surface area contributed by atoms with Gasteiger partial charge in [0.1, 0.15) is 0 Å². The summed E-state index contributed by atoms with van der Waals surface area (Å²) < 4.78 is 1.49. The number of carbonyl (C=O) groups excluding carboxylic acids is 1. The fraction of sp³-hybridized carbons (Fsp3) is 0.361. The third kappa shape index (κ3) is 6.42. The molecule has 2 aliphatic rings. The van der Waals surface area contributed by atoms with Gasteiger partial charge in [-0.05, 0) is 60.5 Å². The number of amides is 1. The molecule has 3 aromatic carbocycles. The Morgan fingerprint density at radius 3 is 2.35 bits per heavy atom. The zero-order chi connectivity index (χ0) is 32.4. The van der Waals surface area contributed by atoms with Crippen molar-refractivity contribution in [3.8, 4) is 11.3 Å². The maximum absolute atomic E-state index is 13.7. The summed E-state index contributed by atoms with van der Waals surface area (Å²) in [6.45, 7) is 8.74. The zero-order valence-electron chi connectivity index (χ0n) is 27.2. The standard InChI is InChI=1S/C36H43N7O3/c1-5-41-17-19-42(20-18-41)22-25-9-11-27(12-10-25)37-34-36(46)40(4)23-32(38-34)30-7-6-8-33(31(30)24-44)43-16-15-26-21-28(39(2)3)13-14-29(26)35(43)45/h6-14,21,23,44H,5,15-20,22,24H2,1-4H3,(H,37,38). The molecule has 1 amide bonds. The van der Waals surface area contributed by atoms with Gasteiger partial charge in [-0.3, -0.25) is 14.5 Å². The number of piperazine rings is 1. The monoisotopic (exact) mass is 621 g/mol. The third-order valence-electron chi connectivity index (χ3n) is 9.17. The highest BCUT2D eigenvalue weighted by molar-refractivity contribution is 6.09. The SMILES string of the molecule is CCN1CCN(Cc2ccc(Nc3nc(-c4cccc(N5CCc6cc(N(C)C)ccc6C5=O)c4CO)cn(C)c3=O)cc2)CC1. The first-order valence-corrected chi connectivity index (χ1v) is 16.0. The van der Waals surface area contributed by atoms with Gasteiger partial charge in [-0.1, -0.05) is 31.2 Å². The van der Waals surface area contributed by atoms with Crippen molar-refractivity contribution in [3.63, 3.8) is 0 Å². The van der Waals surface area contributed by atoms with Crippen LogP contribution in [0.1, 0.15) is 34.0 Å². The molecule has 2 N–H and O–H groups in total. The summed E-state index contributed by atoms with van der Waals surface area (Å²) in [7, 11) is 5.66. The minimum absolute atomic E-state index is 0.0964. The van der Waals surface area contributed by atoms with Crippen molar-refractivity contribution < 1.29 is 9.90 Å². The number of carbonyl (C=O) groups is 1. The van der Waals surface area contributed by atoms with Crippen molar-refractivity contribution >= 4 is 28.8 Å². The lowest BCUT2D eigenvalue weighted by molar-refractivity contribution is 0.0980. The van der Waals surface area contributed by atoms with E-state index in [1.54, 1.807) is 18.1 Å². The lowest BCUT2D eigenvalue weighted by Crippen LogP contribution is -2.45. The number of hydrogen-bond donors (Lipinski definition) is 2. The Morgan fingerprint density at radius 1 is 0.913 bits per heavy atom. The lowest BCUT2D eigenvalue weighted by Gasteiger charge is -2.34. The number of anilines is 4. The summed E-state index contributed by atoms with van der Waals surface area (Å²) in [4.78, 5) is 40.3. The predicted octanol–water partition coefficient (Wildman–Crippen LogP) is 4.09. The summed E-state index contributed by atoms with van der Waals surface area (Å²) in [5.74, 6) is 0.0956. The first-order chi connectivity index (χ1) is 22.2. The Bertz CT molecular complexity index is 1780. The molecule has 4 aromatic rings. The number of nitrogens with one attached hydrogen (secondary N) is 1. The summed E-state index contributed by atoms with van der Waals surface area (Å²) in [6, 6.07) is 19.6. The number of aromatic nitrogens is 2. The lowest BCUT2D eigenvalue weighted by atomic mass is 9.95. The molecule has 10 heteroatoms. The summed E-state index contributed by atoms with van der Waals surface area (Å²) in [5.41, 5.74) is 6.90. The minimum atomic E-state index is -0.288. The summed E-state index contributed by atoms with van der Waals surface area (Å²) >= 11 is 0. The molecule has 240 valence electrons. The molecule has 1 aromatic heterocycles. The van der Waals surface area contributed by atoms with Crippen LogP contribution in [0, 0.1) is 0 Å². The number of hydrogen-bond acceptors (Lipinski definition) is 8. The van der Waals surface area contributed by atoms with Crippen molar-refractivity contribution in [3.05, 3.63) is 99.5 Å². The van der Waals surface area contributed by atoms with Gasteiger partial charge in [-0.15, -0.1) is 0 Å². The molecular weight excluding hydrogens is 578 g/mol. The number of aliphatic hydroxyl groups excluding tert-OH is 1. The smallest absolute Gasteiger partial charge is 0.293 e. The van der Waals surface area contributed by atoms with E-state index in [9.17, 15) is 14.7 Å². The average Bonchev–Trinajstić information content (AvgIpc) is 3.07. The second kappa shape index (κ2) is 13.5. The number of aliphatic hydroxyl groups is 1. The Kier molecular flexibility index (Phi) is 9.21. The quantitative estimate of drug-likeness (QED) is 0.289. The first kappa shape index (κ1) is 31.5. The van der Waals surface area contributed by atoms with E-state index in [0.717, 1.165) is 56.2 Å². The molecule has 46 heavy (non-hydrogen) atoms. The fourth-order valence-electron chi connectivity index (χ4n) is 6.39. The number of aryl methyl sites for hydroxylation is 1. The van der Waals surface area contributed by atoms with Crippen LogP contribution in [0.15, 0.2) is 71.7 Å². The van der Waals surface area contributed by atoms with E-state index in [0.29, 0.717) is 41.0 Å². The van der Waals surface area contributed by atoms with Crippen LogP contribution in [-0.2, 0) is 26.6 Å².